The largest absolute Gasteiger partial charge is 0.497 e. The molecule has 29 heavy (non-hydrogen) atoms. The molecular formula is C22H18N4O3. The van der Waals surface area contributed by atoms with Crippen molar-refractivity contribution in [3.63, 3.8) is 0 Å². The van der Waals surface area contributed by atoms with Crippen molar-refractivity contribution in [2.24, 2.45) is 0 Å². The minimum absolute atomic E-state index is 0.208. The highest BCUT2D eigenvalue weighted by molar-refractivity contribution is 5.97. The van der Waals surface area contributed by atoms with E-state index in [0.717, 1.165) is 5.69 Å². The van der Waals surface area contributed by atoms with E-state index in [2.05, 4.69) is 15.3 Å². The highest BCUT2D eigenvalue weighted by Gasteiger charge is 2.11. The van der Waals surface area contributed by atoms with Gasteiger partial charge in [0.05, 0.1) is 35.9 Å². The summed E-state index contributed by atoms with van der Waals surface area (Å²) < 4.78 is 6.61. The fraction of sp³-hybridized carbons (Fsp3) is 0.0909. The van der Waals surface area contributed by atoms with E-state index >= 15 is 0 Å². The Bertz CT molecular complexity index is 1220. The number of aromatic nitrogens is 3. The summed E-state index contributed by atoms with van der Waals surface area (Å²) in [6.45, 7) is 0.324. The number of methoxy groups -OCH3 is 1. The minimum atomic E-state index is -0.251. The number of benzene rings is 2. The number of carbonyl (C=O) groups is 1. The van der Waals surface area contributed by atoms with Crippen LogP contribution >= 0.6 is 0 Å². The van der Waals surface area contributed by atoms with Gasteiger partial charge in [-0.1, -0.05) is 6.07 Å². The number of hydrogen-bond acceptors (Lipinski definition) is 5. The molecule has 2 heterocycles. The number of ether oxygens (including phenoxy) is 1. The van der Waals surface area contributed by atoms with Crippen LogP contribution in [0.1, 0.15) is 16.1 Å². The Balaban J connectivity index is 1.60. The summed E-state index contributed by atoms with van der Waals surface area (Å²) in [4.78, 5) is 33.8. The van der Waals surface area contributed by atoms with E-state index in [1.54, 1.807) is 55.8 Å². The van der Waals surface area contributed by atoms with E-state index in [9.17, 15) is 9.59 Å². The minimum Gasteiger partial charge on any atom is -0.497 e. The molecule has 7 heteroatoms. The van der Waals surface area contributed by atoms with Gasteiger partial charge >= 0.3 is 0 Å². The quantitative estimate of drug-likeness (QED) is 0.570. The topological polar surface area (TPSA) is 86.1 Å². The molecule has 4 aromatic rings. The van der Waals surface area contributed by atoms with Crippen molar-refractivity contribution in [1.82, 2.24) is 19.9 Å². The highest BCUT2D eigenvalue weighted by Crippen LogP contribution is 2.15. The number of fused-ring (bicyclic) bond motifs is 1. The van der Waals surface area contributed by atoms with Crippen LogP contribution in [0.4, 0.5) is 0 Å². The van der Waals surface area contributed by atoms with Gasteiger partial charge in [-0.15, -0.1) is 0 Å². The summed E-state index contributed by atoms with van der Waals surface area (Å²) in [5.74, 6) is 0.454. The number of nitrogens with one attached hydrogen (secondary N) is 1. The van der Waals surface area contributed by atoms with Gasteiger partial charge in [0, 0.05) is 11.8 Å². The fourth-order valence-corrected chi connectivity index (χ4v) is 2.97. The third-order valence-electron chi connectivity index (χ3n) is 4.53. The van der Waals surface area contributed by atoms with E-state index < -0.39 is 0 Å². The fourth-order valence-electron chi connectivity index (χ4n) is 2.97. The molecule has 4 rings (SSSR count). The Morgan fingerprint density at radius 1 is 1.07 bits per heavy atom. The standard InChI is InChI=1S/C22H18N4O3/c1-29-18-8-6-17(7-9-18)26-14-25-20-12-15(5-10-19(20)22(26)28)21(27)24-13-16-4-2-3-11-23-16/h2-12,14H,13H2,1H3,(H,24,27). The van der Waals surface area contributed by atoms with E-state index in [4.69, 9.17) is 4.74 Å². The van der Waals surface area contributed by atoms with Crippen LogP contribution in [0.2, 0.25) is 0 Å². The lowest BCUT2D eigenvalue weighted by Gasteiger charge is -2.09. The molecule has 0 atom stereocenters. The summed E-state index contributed by atoms with van der Waals surface area (Å²) in [5, 5.41) is 3.25. The molecule has 2 aromatic carbocycles. The molecule has 0 spiro atoms. The number of nitrogens with zero attached hydrogens (tertiary/aromatic N) is 3. The summed E-state index contributed by atoms with van der Waals surface area (Å²) in [5.41, 5.74) is 2.14. The van der Waals surface area contributed by atoms with Crippen LogP contribution in [-0.2, 0) is 6.54 Å². The first kappa shape index (κ1) is 18.4. The Kier molecular flexibility index (Phi) is 5.03. The van der Waals surface area contributed by atoms with Gasteiger partial charge in [-0.05, 0) is 54.6 Å². The van der Waals surface area contributed by atoms with E-state index in [1.165, 1.54) is 10.9 Å². The van der Waals surface area contributed by atoms with E-state index in [0.29, 0.717) is 34.4 Å². The molecule has 1 amide bonds. The van der Waals surface area contributed by atoms with Crippen molar-refractivity contribution in [3.8, 4) is 11.4 Å². The first-order valence-corrected chi connectivity index (χ1v) is 8.99. The average molecular weight is 386 g/mol. The molecule has 0 aliphatic rings. The van der Waals surface area contributed by atoms with Gasteiger partial charge < -0.3 is 10.1 Å². The average Bonchev–Trinajstić information content (AvgIpc) is 2.78. The number of amides is 1. The lowest BCUT2D eigenvalue weighted by molar-refractivity contribution is 0.0950. The highest BCUT2D eigenvalue weighted by atomic mass is 16.5. The Hall–Kier alpha value is -4.00. The summed E-state index contributed by atoms with van der Waals surface area (Å²) in [7, 11) is 1.59. The van der Waals surface area contributed by atoms with Gasteiger partial charge in [0.2, 0.25) is 0 Å². The zero-order chi connectivity index (χ0) is 20.2. The van der Waals surface area contributed by atoms with Crippen LogP contribution in [0.3, 0.4) is 0 Å². The Morgan fingerprint density at radius 3 is 2.62 bits per heavy atom. The second-order valence-corrected chi connectivity index (χ2v) is 6.35. The van der Waals surface area contributed by atoms with Crippen molar-refractivity contribution in [2.75, 3.05) is 7.11 Å². The maximum absolute atomic E-state index is 12.9. The van der Waals surface area contributed by atoms with Crippen LogP contribution in [0.5, 0.6) is 5.75 Å². The predicted octanol–water partition coefficient (Wildman–Crippen LogP) is 2.72. The third kappa shape index (κ3) is 3.84. The van der Waals surface area contributed by atoms with Gasteiger partial charge in [0.15, 0.2) is 0 Å². The number of pyridine rings is 1. The zero-order valence-corrected chi connectivity index (χ0v) is 15.7. The monoisotopic (exact) mass is 386 g/mol. The smallest absolute Gasteiger partial charge is 0.265 e. The Labute approximate surface area is 166 Å². The number of carbonyl (C=O) groups excluding carboxylic acids is 1. The van der Waals surface area contributed by atoms with Gasteiger partial charge in [-0.3, -0.25) is 19.1 Å². The molecular weight excluding hydrogens is 368 g/mol. The molecule has 0 radical (unpaired) electrons. The Morgan fingerprint density at radius 2 is 1.90 bits per heavy atom. The van der Waals surface area contributed by atoms with Crippen LogP contribution in [0.15, 0.2) is 78.0 Å². The molecule has 144 valence electrons. The van der Waals surface area contributed by atoms with Crippen molar-refractivity contribution >= 4 is 16.8 Å². The second kappa shape index (κ2) is 7.93. The lowest BCUT2D eigenvalue weighted by Crippen LogP contribution is -2.24. The molecule has 7 nitrogen and oxygen atoms in total. The first-order valence-electron chi connectivity index (χ1n) is 8.99. The van der Waals surface area contributed by atoms with Crippen LogP contribution in [-0.4, -0.2) is 27.6 Å². The normalized spacial score (nSPS) is 10.7. The van der Waals surface area contributed by atoms with Crippen molar-refractivity contribution in [1.29, 1.82) is 0 Å². The zero-order valence-electron chi connectivity index (χ0n) is 15.7. The number of rotatable bonds is 5. The SMILES string of the molecule is COc1ccc(-n2cnc3cc(C(=O)NCc4ccccn4)ccc3c2=O)cc1. The van der Waals surface area contributed by atoms with Crippen molar-refractivity contribution < 1.29 is 9.53 Å². The maximum atomic E-state index is 12.9. The molecule has 0 bridgehead atoms. The van der Waals surface area contributed by atoms with Crippen LogP contribution in [0.25, 0.3) is 16.6 Å². The third-order valence-corrected chi connectivity index (χ3v) is 4.53. The molecule has 0 fully saturated rings. The van der Waals surface area contributed by atoms with Crippen LogP contribution < -0.4 is 15.6 Å². The van der Waals surface area contributed by atoms with Crippen LogP contribution in [0, 0.1) is 0 Å². The van der Waals surface area contributed by atoms with Crippen molar-refractivity contribution in [2.45, 2.75) is 6.54 Å². The summed E-state index contributed by atoms with van der Waals surface area (Å²) in [6, 6.07) is 17.5. The molecule has 0 aliphatic carbocycles. The van der Waals surface area contributed by atoms with Gasteiger partial charge in [0.1, 0.15) is 12.1 Å². The molecule has 0 unspecified atom stereocenters. The van der Waals surface area contributed by atoms with Crippen molar-refractivity contribution in [3.05, 3.63) is 94.8 Å². The molecule has 2 aromatic heterocycles. The number of hydrogen-bond donors (Lipinski definition) is 1. The summed E-state index contributed by atoms with van der Waals surface area (Å²) in [6.07, 6.45) is 3.14. The van der Waals surface area contributed by atoms with E-state index in [-0.39, 0.29) is 11.5 Å². The molecule has 0 saturated carbocycles. The second-order valence-electron chi connectivity index (χ2n) is 6.35. The predicted molar refractivity (Wildman–Crippen MR) is 109 cm³/mol. The maximum Gasteiger partial charge on any atom is 0.265 e. The van der Waals surface area contributed by atoms with Gasteiger partial charge in [0.25, 0.3) is 11.5 Å². The van der Waals surface area contributed by atoms with Gasteiger partial charge in [-0.25, -0.2) is 4.98 Å². The van der Waals surface area contributed by atoms with E-state index in [1.807, 2.05) is 18.2 Å². The lowest BCUT2D eigenvalue weighted by atomic mass is 10.1. The summed E-state index contributed by atoms with van der Waals surface area (Å²) >= 11 is 0. The van der Waals surface area contributed by atoms with Gasteiger partial charge in [-0.2, -0.15) is 0 Å². The molecule has 0 saturated heterocycles. The first-order chi connectivity index (χ1) is 14.2. The molecule has 0 aliphatic heterocycles. The molecule has 1 N–H and O–H groups in total.